The molecule has 0 aromatic heterocycles. The molecule has 0 spiro atoms. The Bertz CT molecular complexity index is 403. The molecule has 2 aromatic rings. The molecule has 0 aliphatic rings. The molecule has 15 heavy (non-hydrogen) atoms. The molecule has 0 radical (unpaired) electrons. The zero-order valence-electron chi connectivity index (χ0n) is 9.03. The number of benzene rings is 2. The molecule has 78 valence electrons. The normalized spacial score (nSPS) is 9.47. The van der Waals surface area contributed by atoms with Gasteiger partial charge < -0.3 is 0 Å². The predicted molar refractivity (Wildman–Crippen MR) is 76.8 cm³/mol. The maximum Gasteiger partial charge on any atom is -0.0181 e. The lowest BCUT2D eigenvalue weighted by Gasteiger charge is -2.03. The van der Waals surface area contributed by atoms with E-state index in [2.05, 4.69) is 62.4 Å². The molecule has 0 bridgehead atoms. The highest BCUT2D eigenvalue weighted by Gasteiger charge is 1.96. The highest BCUT2D eigenvalue weighted by molar-refractivity contribution is 14.0. The van der Waals surface area contributed by atoms with Crippen LogP contribution in [-0.2, 0) is 0 Å². The lowest BCUT2D eigenvalue weighted by Crippen LogP contribution is -1.80. The minimum absolute atomic E-state index is 0. The molecule has 2 rings (SSSR count). The van der Waals surface area contributed by atoms with Gasteiger partial charge in [-0.05, 0) is 25.0 Å². The highest BCUT2D eigenvalue weighted by Crippen LogP contribution is 2.20. The van der Waals surface area contributed by atoms with E-state index in [1.54, 1.807) is 0 Å². The minimum atomic E-state index is 0. The van der Waals surface area contributed by atoms with E-state index in [4.69, 9.17) is 0 Å². The Morgan fingerprint density at radius 1 is 0.667 bits per heavy atom. The molecule has 0 N–H and O–H groups in total. The molecule has 0 fully saturated rings. The van der Waals surface area contributed by atoms with Crippen molar-refractivity contribution in [3.05, 3.63) is 59.7 Å². The molecule has 0 unspecified atom stereocenters. The number of rotatable bonds is 1. The summed E-state index contributed by atoms with van der Waals surface area (Å²) in [5.74, 6) is 0. The largest absolute Gasteiger partial charge is 0.107 e. The molecule has 0 amide bonds. The third-order valence-corrected chi connectivity index (χ3v) is 2.37. The van der Waals surface area contributed by atoms with E-state index in [-0.39, 0.29) is 24.0 Å². The van der Waals surface area contributed by atoms with Gasteiger partial charge in [-0.25, -0.2) is 0 Å². The summed E-state index contributed by atoms with van der Waals surface area (Å²) >= 11 is 0. The quantitative estimate of drug-likeness (QED) is 0.676. The SMILES string of the molecule is Cc1cccc(-c2cccc(C)c2)c1.I. The first-order chi connectivity index (χ1) is 6.75. The molecule has 0 nitrogen and oxygen atoms in total. The Morgan fingerprint density at radius 2 is 1.07 bits per heavy atom. The van der Waals surface area contributed by atoms with Crippen molar-refractivity contribution in [2.75, 3.05) is 0 Å². The Kier molecular flexibility index (Phi) is 4.33. The van der Waals surface area contributed by atoms with Gasteiger partial charge in [-0.1, -0.05) is 59.7 Å². The van der Waals surface area contributed by atoms with Crippen molar-refractivity contribution in [2.24, 2.45) is 0 Å². The van der Waals surface area contributed by atoms with Gasteiger partial charge >= 0.3 is 0 Å². The van der Waals surface area contributed by atoms with E-state index in [1.165, 1.54) is 22.3 Å². The summed E-state index contributed by atoms with van der Waals surface area (Å²) in [6, 6.07) is 17.2. The van der Waals surface area contributed by atoms with Crippen LogP contribution in [0.4, 0.5) is 0 Å². The van der Waals surface area contributed by atoms with E-state index in [0.717, 1.165) is 0 Å². The van der Waals surface area contributed by atoms with Gasteiger partial charge in [-0.2, -0.15) is 0 Å². The summed E-state index contributed by atoms with van der Waals surface area (Å²) in [4.78, 5) is 0. The predicted octanol–water partition coefficient (Wildman–Crippen LogP) is 4.59. The molecular weight excluding hydrogens is 295 g/mol. The third-order valence-electron chi connectivity index (χ3n) is 2.37. The fourth-order valence-electron chi connectivity index (χ4n) is 1.65. The monoisotopic (exact) mass is 310 g/mol. The second-order valence-electron chi connectivity index (χ2n) is 3.74. The van der Waals surface area contributed by atoms with Crippen LogP contribution >= 0.6 is 24.0 Å². The summed E-state index contributed by atoms with van der Waals surface area (Å²) < 4.78 is 0. The first-order valence-corrected chi connectivity index (χ1v) is 4.89. The van der Waals surface area contributed by atoms with Gasteiger partial charge in [0.25, 0.3) is 0 Å². The van der Waals surface area contributed by atoms with Crippen LogP contribution in [0.1, 0.15) is 11.1 Å². The summed E-state index contributed by atoms with van der Waals surface area (Å²) in [5.41, 5.74) is 5.22. The minimum Gasteiger partial charge on any atom is -0.107 e. The standard InChI is InChI=1S/C14H14.HI/c1-11-5-3-7-13(9-11)14-8-4-6-12(2)10-14;/h3-10H,1-2H3;1H. The van der Waals surface area contributed by atoms with Crippen LogP contribution in [-0.4, -0.2) is 0 Å². The van der Waals surface area contributed by atoms with E-state index >= 15 is 0 Å². The van der Waals surface area contributed by atoms with Crippen molar-refractivity contribution in [1.82, 2.24) is 0 Å². The first-order valence-electron chi connectivity index (χ1n) is 4.89. The van der Waals surface area contributed by atoms with Crippen molar-refractivity contribution in [1.29, 1.82) is 0 Å². The fraction of sp³-hybridized carbons (Fsp3) is 0.143. The summed E-state index contributed by atoms with van der Waals surface area (Å²) in [6.45, 7) is 4.25. The molecular formula is C14H15I. The number of hydrogen-bond donors (Lipinski definition) is 0. The summed E-state index contributed by atoms with van der Waals surface area (Å²) in [7, 11) is 0. The van der Waals surface area contributed by atoms with Crippen LogP contribution in [0.25, 0.3) is 11.1 Å². The van der Waals surface area contributed by atoms with Crippen LogP contribution in [0.5, 0.6) is 0 Å². The second kappa shape index (κ2) is 5.31. The van der Waals surface area contributed by atoms with E-state index in [9.17, 15) is 0 Å². The van der Waals surface area contributed by atoms with Gasteiger partial charge in [0.1, 0.15) is 0 Å². The number of aryl methyl sites for hydroxylation is 2. The van der Waals surface area contributed by atoms with Crippen LogP contribution in [0.2, 0.25) is 0 Å². The average Bonchev–Trinajstić information content (AvgIpc) is 2.18. The molecule has 0 saturated heterocycles. The zero-order chi connectivity index (χ0) is 9.97. The van der Waals surface area contributed by atoms with E-state index < -0.39 is 0 Å². The lowest BCUT2D eigenvalue weighted by atomic mass is 10.0. The Hall–Kier alpha value is -0.830. The van der Waals surface area contributed by atoms with Crippen molar-refractivity contribution in [3.63, 3.8) is 0 Å². The molecule has 0 aliphatic carbocycles. The van der Waals surface area contributed by atoms with Gasteiger partial charge in [0.05, 0.1) is 0 Å². The zero-order valence-corrected chi connectivity index (χ0v) is 11.4. The molecule has 2 aromatic carbocycles. The maximum absolute atomic E-state index is 2.22. The van der Waals surface area contributed by atoms with Crippen LogP contribution in [0, 0.1) is 13.8 Å². The first kappa shape index (κ1) is 12.2. The van der Waals surface area contributed by atoms with Gasteiger partial charge in [-0.15, -0.1) is 24.0 Å². The van der Waals surface area contributed by atoms with Gasteiger partial charge in [0.15, 0.2) is 0 Å². The number of halogens is 1. The topological polar surface area (TPSA) is 0 Å². The lowest BCUT2D eigenvalue weighted by molar-refractivity contribution is 1.44. The molecule has 0 aliphatic heterocycles. The third kappa shape index (κ3) is 3.06. The van der Waals surface area contributed by atoms with Crippen molar-refractivity contribution in [3.8, 4) is 11.1 Å². The molecule has 0 saturated carbocycles. The summed E-state index contributed by atoms with van der Waals surface area (Å²) in [5, 5.41) is 0. The van der Waals surface area contributed by atoms with Gasteiger partial charge in [-0.3, -0.25) is 0 Å². The van der Waals surface area contributed by atoms with Crippen LogP contribution < -0.4 is 0 Å². The molecule has 0 heterocycles. The second-order valence-corrected chi connectivity index (χ2v) is 3.74. The summed E-state index contributed by atoms with van der Waals surface area (Å²) in [6.07, 6.45) is 0. The smallest absolute Gasteiger partial charge is 0.0181 e. The van der Waals surface area contributed by atoms with Crippen molar-refractivity contribution in [2.45, 2.75) is 13.8 Å². The maximum atomic E-state index is 2.22. The Labute approximate surface area is 108 Å². The Morgan fingerprint density at radius 3 is 1.40 bits per heavy atom. The average molecular weight is 310 g/mol. The van der Waals surface area contributed by atoms with Crippen LogP contribution in [0.3, 0.4) is 0 Å². The van der Waals surface area contributed by atoms with E-state index in [1.807, 2.05) is 0 Å². The highest BCUT2D eigenvalue weighted by atomic mass is 127. The molecule has 1 heteroatoms. The van der Waals surface area contributed by atoms with Crippen molar-refractivity contribution < 1.29 is 0 Å². The van der Waals surface area contributed by atoms with Gasteiger partial charge in [0.2, 0.25) is 0 Å². The van der Waals surface area contributed by atoms with Crippen molar-refractivity contribution >= 4 is 24.0 Å². The Balaban J connectivity index is 0.00000112. The number of hydrogen-bond acceptors (Lipinski definition) is 0. The van der Waals surface area contributed by atoms with Gasteiger partial charge in [0, 0.05) is 0 Å². The van der Waals surface area contributed by atoms with Crippen LogP contribution in [0.15, 0.2) is 48.5 Å². The fourth-order valence-corrected chi connectivity index (χ4v) is 1.65. The van der Waals surface area contributed by atoms with E-state index in [0.29, 0.717) is 0 Å². The molecule has 0 atom stereocenters.